The first-order valence-corrected chi connectivity index (χ1v) is 5.57. The highest BCUT2D eigenvalue weighted by Gasteiger charge is 2.03. The van der Waals surface area contributed by atoms with E-state index in [2.05, 4.69) is 38.7 Å². The first-order chi connectivity index (χ1) is 6.35. The Bertz CT molecular complexity index is 133. The first-order valence-electron chi connectivity index (χ1n) is 5.57. The maximum atomic E-state index is 3.81. The van der Waals surface area contributed by atoms with Gasteiger partial charge in [0.15, 0.2) is 0 Å². The molecule has 0 heteroatoms. The van der Waals surface area contributed by atoms with Crippen LogP contribution in [-0.4, -0.2) is 0 Å². The zero-order valence-electron chi connectivity index (χ0n) is 9.26. The minimum atomic E-state index is 0.834. The van der Waals surface area contributed by atoms with Crippen LogP contribution >= 0.6 is 0 Å². The predicted octanol–water partition coefficient (Wildman–Crippen LogP) is 4.73. The van der Waals surface area contributed by atoms with Crippen molar-refractivity contribution in [3.8, 4) is 0 Å². The monoisotopic (exact) mass is 180 g/mol. The van der Waals surface area contributed by atoms with E-state index in [-0.39, 0.29) is 0 Å². The molecular weight excluding hydrogens is 156 g/mol. The maximum Gasteiger partial charge on any atom is -0.0319 e. The Morgan fingerprint density at radius 3 is 2.54 bits per heavy atom. The van der Waals surface area contributed by atoms with E-state index in [0.717, 1.165) is 5.92 Å². The van der Waals surface area contributed by atoms with Gasteiger partial charge in [-0.2, -0.15) is 0 Å². The number of rotatable bonds is 8. The molecule has 1 atom stereocenters. The van der Waals surface area contributed by atoms with Crippen molar-refractivity contribution in [3.63, 3.8) is 0 Å². The Morgan fingerprint density at radius 2 is 2.00 bits per heavy atom. The van der Waals surface area contributed by atoms with Gasteiger partial charge in [-0.3, -0.25) is 0 Å². The summed E-state index contributed by atoms with van der Waals surface area (Å²) in [5.74, 6) is 0.834. The van der Waals surface area contributed by atoms with Crippen molar-refractivity contribution in [1.82, 2.24) is 0 Å². The quantitative estimate of drug-likeness (QED) is 0.374. The maximum absolute atomic E-state index is 3.81. The summed E-state index contributed by atoms with van der Waals surface area (Å²) < 4.78 is 0. The Kier molecular flexibility index (Phi) is 9.18. The Morgan fingerprint density at radius 1 is 1.23 bits per heavy atom. The van der Waals surface area contributed by atoms with Gasteiger partial charge in [0.05, 0.1) is 0 Å². The molecule has 76 valence electrons. The molecule has 0 aromatic heterocycles. The SMILES string of the molecule is C=CCC(C/C=C/C)CCCCC. The molecule has 0 spiro atoms. The number of hydrogen-bond acceptors (Lipinski definition) is 0. The van der Waals surface area contributed by atoms with Crippen molar-refractivity contribution >= 4 is 0 Å². The molecule has 0 aliphatic heterocycles. The van der Waals surface area contributed by atoms with Crippen LogP contribution in [0.4, 0.5) is 0 Å². The molecule has 13 heavy (non-hydrogen) atoms. The Labute approximate surface area is 83.7 Å². The van der Waals surface area contributed by atoms with Crippen molar-refractivity contribution in [2.75, 3.05) is 0 Å². The van der Waals surface area contributed by atoms with E-state index in [1.165, 1.54) is 38.5 Å². The molecule has 0 amide bonds. The lowest BCUT2D eigenvalue weighted by Gasteiger charge is -2.11. The standard InChI is InChI=1S/C13H24/c1-4-7-9-12-13(10-6-3)11-8-5-2/h5-6,8,13H,3-4,7,9-12H2,1-2H3/b8-5+. The molecule has 0 fully saturated rings. The van der Waals surface area contributed by atoms with Gasteiger partial charge in [-0.15, -0.1) is 6.58 Å². The van der Waals surface area contributed by atoms with Gasteiger partial charge in [0.25, 0.3) is 0 Å². The molecule has 0 aromatic rings. The zero-order chi connectivity index (χ0) is 9.94. The molecule has 0 rings (SSSR count). The van der Waals surface area contributed by atoms with E-state index in [1.807, 2.05) is 0 Å². The average molecular weight is 180 g/mol. The van der Waals surface area contributed by atoms with Crippen LogP contribution in [0.5, 0.6) is 0 Å². The molecule has 0 saturated heterocycles. The second-order valence-electron chi connectivity index (χ2n) is 3.69. The lowest BCUT2D eigenvalue weighted by atomic mass is 9.94. The fraction of sp³-hybridized carbons (Fsp3) is 0.692. The van der Waals surface area contributed by atoms with Crippen molar-refractivity contribution in [2.24, 2.45) is 5.92 Å². The second-order valence-corrected chi connectivity index (χ2v) is 3.69. The largest absolute Gasteiger partial charge is 0.103 e. The van der Waals surface area contributed by atoms with Gasteiger partial charge in [0, 0.05) is 0 Å². The summed E-state index contributed by atoms with van der Waals surface area (Å²) in [6, 6.07) is 0. The van der Waals surface area contributed by atoms with E-state index in [4.69, 9.17) is 0 Å². The van der Waals surface area contributed by atoms with E-state index in [1.54, 1.807) is 0 Å². The zero-order valence-corrected chi connectivity index (χ0v) is 9.26. The highest BCUT2D eigenvalue weighted by Crippen LogP contribution is 2.18. The number of hydrogen-bond donors (Lipinski definition) is 0. The van der Waals surface area contributed by atoms with Crippen molar-refractivity contribution in [1.29, 1.82) is 0 Å². The van der Waals surface area contributed by atoms with Crippen LogP contribution in [0.2, 0.25) is 0 Å². The van der Waals surface area contributed by atoms with Crippen LogP contribution in [0, 0.1) is 5.92 Å². The van der Waals surface area contributed by atoms with Gasteiger partial charge in [0.2, 0.25) is 0 Å². The van der Waals surface area contributed by atoms with E-state index in [9.17, 15) is 0 Å². The van der Waals surface area contributed by atoms with E-state index < -0.39 is 0 Å². The summed E-state index contributed by atoms with van der Waals surface area (Å²) in [7, 11) is 0. The van der Waals surface area contributed by atoms with E-state index in [0.29, 0.717) is 0 Å². The van der Waals surface area contributed by atoms with Gasteiger partial charge < -0.3 is 0 Å². The lowest BCUT2D eigenvalue weighted by molar-refractivity contribution is 0.467. The molecular formula is C13H24. The van der Waals surface area contributed by atoms with Crippen LogP contribution in [-0.2, 0) is 0 Å². The van der Waals surface area contributed by atoms with Gasteiger partial charge in [-0.25, -0.2) is 0 Å². The minimum Gasteiger partial charge on any atom is -0.103 e. The van der Waals surface area contributed by atoms with Crippen LogP contribution in [0.3, 0.4) is 0 Å². The summed E-state index contributed by atoms with van der Waals surface area (Å²) in [5, 5.41) is 0. The van der Waals surface area contributed by atoms with Crippen LogP contribution < -0.4 is 0 Å². The smallest absolute Gasteiger partial charge is 0.0319 e. The average Bonchev–Trinajstić information content (AvgIpc) is 2.14. The molecule has 0 nitrogen and oxygen atoms in total. The third-order valence-corrected chi connectivity index (χ3v) is 2.42. The molecule has 0 saturated carbocycles. The van der Waals surface area contributed by atoms with Crippen LogP contribution in [0.15, 0.2) is 24.8 Å². The third kappa shape index (κ3) is 7.83. The molecule has 0 N–H and O–H groups in total. The fourth-order valence-corrected chi connectivity index (χ4v) is 1.58. The molecule has 0 bridgehead atoms. The summed E-state index contributed by atoms with van der Waals surface area (Å²) in [4.78, 5) is 0. The number of allylic oxidation sites excluding steroid dienone is 3. The van der Waals surface area contributed by atoms with E-state index >= 15 is 0 Å². The van der Waals surface area contributed by atoms with Crippen molar-refractivity contribution in [2.45, 2.75) is 52.4 Å². The first kappa shape index (κ1) is 12.5. The van der Waals surface area contributed by atoms with Crippen molar-refractivity contribution < 1.29 is 0 Å². The molecule has 0 aliphatic carbocycles. The number of unbranched alkanes of at least 4 members (excludes halogenated alkanes) is 2. The predicted molar refractivity (Wildman–Crippen MR) is 61.9 cm³/mol. The molecule has 0 aliphatic rings. The summed E-state index contributed by atoms with van der Waals surface area (Å²) >= 11 is 0. The lowest BCUT2D eigenvalue weighted by Crippen LogP contribution is -1.97. The summed E-state index contributed by atoms with van der Waals surface area (Å²) in [5.41, 5.74) is 0. The second kappa shape index (κ2) is 9.57. The summed E-state index contributed by atoms with van der Waals surface area (Å²) in [6.07, 6.45) is 14.3. The minimum absolute atomic E-state index is 0.834. The normalized spacial score (nSPS) is 13.4. The highest BCUT2D eigenvalue weighted by molar-refractivity contribution is 4.83. The van der Waals surface area contributed by atoms with Crippen LogP contribution in [0.25, 0.3) is 0 Å². The van der Waals surface area contributed by atoms with Gasteiger partial charge in [-0.05, 0) is 32.1 Å². The van der Waals surface area contributed by atoms with Crippen molar-refractivity contribution in [3.05, 3.63) is 24.8 Å². The third-order valence-electron chi connectivity index (χ3n) is 2.42. The molecule has 1 unspecified atom stereocenters. The van der Waals surface area contributed by atoms with Crippen LogP contribution in [0.1, 0.15) is 52.4 Å². The summed E-state index contributed by atoms with van der Waals surface area (Å²) in [6.45, 7) is 8.17. The molecule has 0 aromatic carbocycles. The Balaban J connectivity index is 3.59. The molecule has 0 heterocycles. The highest BCUT2D eigenvalue weighted by atomic mass is 14.1. The molecule has 0 radical (unpaired) electrons. The Hall–Kier alpha value is -0.520. The van der Waals surface area contributed by atoms with Gasteiger partial charge in [0.1, 0.15) is 0 Å². The van der Waals surface area contributed by atoms with Gasteiger partial charge in [-0.1, -0.05) is 44.4 Å². The topological polar surface area (TPSA) is 0 Å². The fourth-order valence-electron chi connectivity index (χ4n) is 1.58. The van der Waals surface area contributed by atoms with Gasteiger partial charge >= 0.3 is 0 Å².